The Bertz CT molecular complexity index is 1340. The Morgan fingerprint density at radius 3 is 2.49 bits per heavy atom. The lowest BCUT2D eigenvalue weighted by atomic mass is 9.94. The van der Waals surface area contributed by atoms with E-state index >= 15 is 0 Å². The maximum Gasteiger partial charge on any atom is 0.258 e. The first-order valence-electron chi connectivity index (χ1n) is 12.5. The second-order valence-corrected chi connectivity index (χ2v) is 9.62. The van der Waals surface area contributed by atoms with Gasteiger partial charge in [0.2, 0.25) is 0 Å². The molecule has 0 saturated carbocycles. The van der Waals surface area contributed by atoms with E-state index in [-0.39, 0.29) is 11.9 Å². The molecule has 2 aliphatic rings. The van der Waals surface area contributed by atoms with Gasteiger partial charge in [0, 0.05) is 72.4 Å². The van der Waals surface area contributed by atoms with Crippen LogP contribution in [0.2, 0.25) is 0 Å². The maximum atomic E-state index is 13.7. The lowest BCUT2D eigenvalue weighted by Crippen LogP contribution is -2.54. The number of para-hydroxylation sites is 1. The Hall–Kier alpha value is -3.77. The highest BCUT2D eigenvalue weighted by Gasteiger charge is 2.33. The van der Waals surface area contributed by atoms with Gasteiger partial charge in [-0.05, 0) is 66.9 Å². The normalized spacial score (nSPS) is 18.6. The Morgan fingerprint density at radius 2 is 1.66 bits per heavy atom. The first kappa shape index (κ1) is 21.7. The van der Waals surface area contributed by atoms with E-state index in [1.807, 2.05) is 41.4 Å². The fraction of sp³-hybridized carbons (Fsp3) is 0.276. The number of nitrogens with zero attached hydrogens (tertiary/aromatic N) is 3. The van der Waals surface area contributed by atoms with Crippen LogP contribution in [0.25, 0.3) is 10.9 Å². The van der Waals surface area contributed by atoms with Crippen LogP contribution in [0.4, 0.5) is 17.1 Å². The predicted molar refractivity (Wildman–Crippen MR) is 143 cm³/mol. The predicted octanol–water partition coefficient (Wildman–Crippen LogP) is 4.53. The summed E-state index contributed by atoms with van der Waals surface area (Å²) in [7, 11) is 0. The van der Waals surface area contributed by atoms with Crippen LogP contribution in [0.5, 0.6) is 0 Å². The number of nitrogens with one attached hydrogen (secondary N) is 1. The van der Waals surface area contributed by atoms with E-state index in [9.17, 15) is 4.79 Å². The molecule has 6 nitrogen and oxygen atoms in total. The minimum Gasteiger partial charge on any atom is -0.399 e. The average molecular weight is 466 g/mol. The van der Waals surface area contributed by atoms with Gasteiger partial charge in [-0.15, -0.1) is 0 Å². The summed E-state index contributed by atoms with van der Waals surface area (Å²) in [5, 5.41) is 1.28. The highest BCUT2D eigenvalue weighted by atomic mass is 16.2. The number of fused-ring (bicyclic) bond motifs is 2. The smallest absolute Gasteiger partial charge is 0.258 e. The number of nitrogens with two attached hydrogens (primary N) is 1. The van der Waals surface area contributed by atoms with Gasteiger partial charge in [-0.1, -0.05) is 24.3 Å². The summed E-state index contributed by atoms with van der Waals surface area (Å²) < 4.78 is 0. The number of H-pyrrole nitrogens is 1. The number of hydrogen-bond acceptors (Lipinski definition) is 4. The van der Waals surface area contributed by atoms with E-state index in [4.69, 9.17) is 5.73 Å². The highest BCUT2D eigenvalue weighted by Crippen LogP contribution is 2.33. The molecule has 3 N–H and O–H groups in total. The lowest BCUT2D eigenvalue weighted by molar-refractivity contribution is 0.0963. The van der Waals surface area contributed by atoms with Crippen molar-refractivity contribution in [2.75, 3.05) is 48.3 Å². The van der Waals surface area contributed by atoms with Gasteiger partial charge in [-0.3, -0.25) is 9.69 Å². The number of aryl methyl sites for hydroxylation is 1. The Labute approximate surface area is 205 Å². The Balaban J connectivity index is 1.20. The van der Waals surface area contributed by atoms with Crippen LogP contribution in [0.1, 0.15) is 22.3 Å². The zero-order chi connectivity index (χ0) is 23.8. The largest absolute Gasteiger partial charge is 0.399 e. The number of benzene rings is 3. The molecule has 3 heterocycles. The molecular weight excluding hydrogens is 434 g/mol. The van der Waals surface area contributed by atoms with Crippen molar-refractivity contribution in [3.05, 3.63) is 90.1 Å². The number of carbonyl (C=O) groups excluding carboxylic acids is 1. The van der Waals surface area contributed by atoms with Crippen molar-refractivity contribution in [3.63, 3.8) is 0 Å². The Kier molecular flexibility index (Phi) is 5.66. The average Bonchev–Trinajstić information content (AvgIpc) is 3.38. The number of carbonyl (C=O) groups is 1. The molecule has 1 atom stereocenters. The third-order valence-corrected chi connectivity index (χ3v) is 7.49. The van der Waals surface area contributed by atoms with Crippen molar-refractivity contribution in [2.24, 2.45) is 0 Å². The minimum atomic E-state index is 0.0555. The maximum absolute atomic E-state index is 13.7. The monoisotopic (exact) mass is 465 g/mol. The number of anilines is 3. The number of aromatic nitrogens is 1. The van der Waals surface area contributed by atoms with E-state index in [2.05, 4.69) is 57.2 Å². The summed E-state index contributed by atoms with van der Waals surface area (Å²) in [6, 6.07) is 24.4. The summed E-state index contributed by atoms with van der Waals surface area (Å²) >= 11 is 0. The summed E-state index contributed by atoms with van der Waals surface area (Å²) in [5.41, 5.74) is 12.0. The van der Waals surface area contributed by atoms with Crippen molar-refractivity contribution in [1.82, 2.24) is 9.88 Å². The summed E-state index contributed by atoms with van der Waals surface area (Å²) in [4.78, 5) is 24.1. The molecule has 4 aromatic rings. The fourth-order valence-corrected chi connectivity index (χ4v) is 5.63. The van der Waals surface area contributed by atoms with Gasteiger partial charge in [0.1, 0.15) is 0 Å². The quantitative estimate of drug-likeness (QED) is 0.435. The molecule has 1 amide bonds. The number of piperazine rings is 1. The molecule has 1 aromatic heterocycles. The number of amides is 1. The van der Waals surface area contributed by atoms with Crippen molar-refractivity contribution >= 4 is 33.9 Å². The van der Waals surface area contributed by atoms with Crippen molar-refractivity contribution < 1.29 is 4.79 Å². The molecule has 0 aliphatic carbocycles. The second kappa shape index (κ2) is 9.12. The third-order valence-electron chi connectivity index (χ3n) is 7.49. The molecule has 1 fully saturated rings. The van der Waals surface area contributed by atoms with E-state index < -0.39 is 0 Å². The Morgan fingerprint density at radius 1 is 0.886 bits per heavy atom. The number of aromatic amines is 1. The van der Waals surface area contributed by atoms with Crippen molar-refractivity contribution in [1.29, 1.82) is 0 Å². The van der Waals surface area contributed by atoms with Gasteiger partial charge in [0.05, 0.1) is 6.04 Å². The molecular formula is C29H31N5O. The van der Waals surface area contributed by atoms with Gasteiger partial charge in [-0.2, -0.15) is 0 Å². The van der Waals surface area contributed by atoms with Gasteiger partial charge in [-0.25, -0.2) is 0 Å². The molecule has 1 saturated heterocycles. The molecule has 0 bridgehead atoms. The molecule has 35 heavy (non-hydrogen) atoms. The van der Waals surface area contributed by atoms with Gasteiger partial charge in [0.15, 0.2) is 0 Å². The van der Waals surface area contributed by atoms with Crippen LogP contribution < -0.4 is 15.5 Å². The first-order chi connectivity index (χ1) is 17.2. The molecule has 6 rings (SSSR count). The third kappa shape index (κ3) is 4.15. The standard InChI is InChI=1S/C29H31N5O/c30-23-11-8-22(9-12-23)29(35)34-24(13-10-21-4-1-2-6-27(21)34)20-32-16-18-33(19-17-32)28-7-3-5-26-25(28)14-15-31-26/h1-9,11-12,14-15,24,31H,10,13,16-20,30H2. The van der Waals surface area contributed by atoms with E-state index in [0.717, 1.165) is 51.3 Å². The van der Waals surface area contributed by atoms with Gasteiger partial charge in [0.25, 0.3) is 5.91 Å². The molecule has 6 heteroatoms. The second-order valence-electron chi connectivity index (χ2n) is 9.62. The van der Waals surface area contributed by atoms with Crippen LogP contribution in [0.15, 0.2) is 79.0 Å². The first-order valence-corrected chi connectivity index (χ1v) is 12.5. The molecule has 3 aromatic carbocycles. The molecule has 2 aliphatic heterocycles. The van der Waals surface area contributed by atoms with Crippen LogP contribution in [-0.2, 0) is 6.42 Å². The zero-order valence-corrected chi connectivity index (χ0v) is 19.9. The molecule has 0 radical (unpaired) electrons. The zero-order valence-electron chi connectivity index (χ0n) is 19.9. The van der Waals surface area contributed by atoms with Crippen LogP contribution in [0, 0.1) is 0 Å². The van der Waals surface area contributed by atoms with Crippen LogP contribution >= 0.6 is 0 Å². The minimum absolute atomic E-state index is 0.0555. The molecule has 0 spiro atoms. The van der Waals surface area contributed by atoms with E-state index in [0.29, 0.717) is 11.3 Å². The van der Waals surface area contributed by atoms with Gasteiger partial charge < -0.3 is 20.5 Å². The van der Waals surface area contributed by atoms with Crippen LogP contribution in [-0.4, -0.2) is 54.6 Å². The summed E-state index contributed by atoms with van der Waals surface area (Å²) in [6.07, 6.45) is 3.99. The number of hydrogen-bond donors (Lipinski definition) is 2. The summed E-state index contributed by atoms with van der Waals surface area (Å²) in [5.74, 6) is 0.0555. The highest BCUT2D eigenvalue weighted by molar-refractivity contribution is 6.07. The molecule has 178 valence electrons. The summed E-state index contributed by atoms with van der Waals surface area (Å²) in [6.45, 7) is 4.84. The van der Waals surface area contributed by atoms with Crippen molar-refractivity contribution in [2.45, 2.75) is 18.9 Å². The number of rotatable bonds is 4. The topological polar surface area (TPSA) is 68.6 Å². The van der Waals surface area contributed by atoms with Gasteiger partial charge >= 0.3 is 0 Å². The SMILES string of the molecule is Nc1ccc(C(=O)N2c3ccccc3CCC2CN2CCN(c3cccc4[nH]ccc34)CC2)cc1. The van der Waals surface area contributed by atoms with Crippen LogP contribution in [0.3, 0.4) is 0 Å². The lowest BCUT2D eigenvalue weighted by Gasteiger charge is -2.42. The van der Waals surface area contributed by atoms with E-state index in [1.165, 1.54) is 22.2 Å². The number of nitrogen functional groups attached to an aromatic ring is 1. The van der Waals surface area contributed by atoms with Crippen molar-refractivity contribution in [3.8, 4) is 0 Å². The van der Waals surface area contributed by atoms with E-state index in [1.54, 1.807) is 0 Å². The molecule has 1 unspecified atom stereocenters. The fourth-order valence-electron chi connectivity index (χ4n) is 5.63.